The Morgan fingerprint density at radius 2 is 1.86 bits per heavy atom. The first-order chi connectivity index (χ1) is 9.90. The van der Waals surface area contributed by atoms with Crippen molar-refractivity contribution >= 4 is 11.6 Å². The van der Waals surface area contributed by atoms with E-state index in [-0.39, 0.29) is 18.0 Å². The fraction of sp³-hybridized carbons (Fsp3) is 0.133. The number of aryl methyl sites for hydroxylation is 1. The Morgan fingerprint density at radius 1 is 1.14 bits per heavy atom. The minimum Gasteiger partial charge on any atom is -0.504 e. The van der Waals surface area contributed by atoms with E-state index in [1.165, 1.54) is 12.1 Å². The lowest BCUT2D eigenvalue weighted by atomic mass is 10.1. The van der Waals surface area contributed by atoms with Crippen molar-refractivity contribution in [3.63, 3.8) is 0 Å². The van der Waals surface area contributed by atoms with Crippen LogP contribution in [0.4, 0.5) is 5.69 Å². The molecule has 0 aliphatic carbocycles. The molecule has 0 atom stereocenters. The zero-order valence-corrected chi connectivity index (χ0v) is 11.4. The number of carbonyl (C=O) groups is 1. The molecule has 21 heavy (non-hydrogen) atoms. The van der Waals surface area contributed by atoms with Crippen LogP contribution in [0.3, 0.4) is 0 Å². The van der Waals surface area contributed by atoms with Crippen LogP contribution in [-0.4, -0.2) is 21.2 Å². The molecule has 2 aromatic rings. The maximum absolute atomic E-state index is 11.1. The molecule has 6 nitrogen and oxygen atoms in total. The summed E-state index contributed by atoms with van der Waals surface area (Å²) in [4.78, 5) is 11.1. The Morgan fingerprint density at radius 3 is 2.48 bits per heavy atom. The second-order valence-corrected chi connectivity index (χ2v) is 4.69. The van der Waals surface area contributed by atoms with E-state index in [0.29, 0.717) is 11.1 Å². The van der Waals surface area contributed by atoms with Crippen molar-refractivity contribution in [3.05, 3.63) is 47.0 Å². The molecule has 2 aromatic carbocycles. The quantitative estimate of drug-likeness (QED) is 0.550. The summed E-state index contributed by atoms with van der Waals surface area (Å²) >= 11 is 0. The largest absolute Gasteiger partial charge is 0.504 e. The van der Waals surface area contributed by atoms with Gasteiger partial charge in [0, 0.05) is 23.4 Å². The van der Waals surface area contributed by atoms with Gasteiger partial charge < -0.3 is 26.4 Å². The van der Waals surface area contributed by atoms with Gasteiger partial charge in [-0.1, -0.05) is 0 Å². The van der Waals surface area contributed by atoms with E-state index in [2.05, 4.69) is 5.32 Å². The van der Waals surface area contributed by atoms with Crippen LogP contribution < -0.4 is 11.1 Å². The topological polar surface area (TPSA) is 116 Å². The number of aromatic hydroxyl groups is 3. The molecule has 6 N–H and O–H groups in total. The molecule has 0 bridgehead atoms. The van der Waals surface area contributed by atoms with Gasteiger partial charge in [-0.2, -0.15) is 0 Å². The van der Waals surface area contributed by atoms with Gasteiger partial charge in [-0.3, -0.25) is 4.79 Å². The summed E-state index contributed by atoms with van der Waals surface area (Å²) in [5.74, 6) is -1.78. The second kappa shape index (κ2) is 5.62. The summed E-state index contributed by atoms with van der Waals surface area (Å²) in [7, 11) is 0. The van der Waals surface area contributed by atoms with Crippen molar-refractivity contribution in [1.82, 2.24) is 0 Å². The molecule has 0 fully saturated rings. The average Bonchev–Trinajstić information content (AvgIpc) is 2.45. The minimum absolute atomic E-state index is 0.246. The third-order valence-electron chi connectivity index (χ3n) is 3.19. The van der Waals surface area contributed by atoms with Crippen LogP contribution in [-0.2, 0) is 6.54 Å². The van der Waals surface area contributed by atoms with Crippen LogP contribution in [0, 0.1) is 6.92 Å². The Labute approximate surface area is 121 Å². The van der Waals surface area contributed by atoms with Gasteiger partial charge in [0.25, 0.3) is 0 Å². The van der Waals surface area contributed by atoms with Crippen LogP contribution in [0.5, 0.6) is 17.2 Å². The molecular formula is C15H16N2O4. The molecule has 0 spiro atoms. The molecule has 0 saturated carbocycles. The van der Waals surface area contributed by atoms with Crippen LogP contribution in [0.25, 0.3) is 0 Å². The number of benzene rings is 2. The molecule has 2 rings (SSSR count). The number of primary amides is 1. The SMILES string of the molecule is Cc1cc(C(N)=O)ccc1NCc1ccc(O)c(O)c1O. The average molecular weight is 288 g/mol. The summed E-state index contributed by atoms with van der Waals surface area (Å²) in [5.41, 5.74) is 7.66. The number of anilines is 1. The first-order valence-electron chi connectivity index (χ1n) is 6.27. The molecule has 110 valence electrons. The molecule has 0 unspecified atom stereocenters. The van der Waals surface area contributed by atoms with Crippen molar-refractivity contribution in [2.75, 3.05) is 5.32 Å². The zero-order chi connectivity index (χ0) is 15.6. The van der Waals surface area contributed by atoms with E-state index in [1.807, 2.05) is 6.92 Å². The van der Waals surface area contributed by atoms with E-state index < -0.39 is 11.7 Å². The summed E-state index contributed by atoms with van der Waals surface area (Å²) in [6, 6.07) is 7.79. The Hall–Kier alpha value is -2.89. The molecule has 0 aliphatic rings. The van der Waals surface area contributed by atoms with E-state index in [0.717, 1.165) is 11.3 Å². The summed E-state index contributed by atoms with van der Waals surface area (Å²) in [5, 5.41) is 31.5. The van der Waals surface area contributed by atoms with Gasteiger partial charge >= 0.3 is 0 Å². The van der Waals surface area contributed by atoms with Gasteiger partial charge in [0.15, 0.2) is 11.5 Å². The summed E-state index contributed by atoms with van der Waals surface area (Å²) in [6.45, 7) is 2.07. The molecule has 0 aliphatic heterocycles. The van der Waals surface area contributed by atoms with Gasteiger partial charge in [-0.25, -0.2) is 0 Å². The number of nitrogens with two attached hydrogens (primary N) is 1. The molecule has 1 amide bonds. The zero-order valence-electron chi connectivity index (χ0n) is 11.4. The predicted octanol–water partition coefficient (Wildman–Crippen LogP) is 1.82. The molecule has 0 radical (unpaired) electrons. The number of phenols is 3. The van der Waals surface area contributed by atoms with Crippen molar-refractivity contribution in [2.24, 2.45) is 5.73 Å². The van der Waals surface area contributed by atoms with Crippen LogP contribution >= 0.6 is 0 Å². The summed E-state index contributed by atoms with van der Waals surface area (Å²) in [6.07, 6.45) is 0. The van der Waals surface area contributed by atoms with Crippen LogP contribution in [0.1, 0.15) is 21.5 Å². The number of nitrogens with one attached hydrogen (secondary N) is 1. The standard InChI is InChI=1S/C15H16N2O4/c1-8-6-9(15(16)21)2-4-11(8)17-7-10-3-5-12(18)14(20)13(10)19/h2-6,17-20H,7H2,1H3,(H2,16,21). The lowest BCUT2D eigenvalue weighted by Crippen LogP contribution is -2.11. The third kappa shape index (κ3) is 3.00. The minimum atomic E-state index is -0.546. The van der Waals surface area contributed by atoms with Crippen LogP contribution in [0.2, 0.25) is 0 Å². The summed E-state index contributed by atoms with van der Waals surface area (Å²) < 4.78 is 0. The van der Waals surface area contributed by atoms with Crippen molar-refractivity contribution in [3.8, 4) is 17.2 Å². The highest BCUT2D eigenvalue weighted by Crippen LogP contribution is 2.37. The number of hydrogen-bond donors (Lipinski definition) is 5. The van der Waals surface area contributed by atoms with Gasteiger partial charge in [0.2, 0.25) is 11.7 Å². The normalized spacial score (nSPS) is 10.3. The van der Waals surface area contributed by atoms with E-state index in [1.54, 1.807) is 18.2 Å². The van der Waals surface area contributed by atoms with Crippen molar-refractivity contribution in [1.29, 1.82) is 0 Å². The lowest BCUT2D eigenvalue weighted by Gasteiger charge is -2.12. The fourth-order valence-corrected chi connectivity index (χ4v) is 1.96. The molecule has 0 heterocycles. The number of rotatable bonds is 4. The molecule has 6 heteroatoms. The maximum atomic E-state index is 11.1. The third-order valence-corrected chi connectivity index (χ3v) is 3.19. The number of hydrogen-bond acceptors (Lipinski definition) is 5. The number of carbonyl (C=O) groups excluding carboxylic acids is 1. The first kappa shape index (κ1) is 14.5. The van der Waals surface area contributed by atoms with Gasteiger partial charge in [0.1, 0.15) is 0 Å². The van der Waals surface area contributed by atoms with Crippen molar-refractivity contribution < 1.29 is 20.1 Å². The van der Waals surface area contributed by atoms with E-state index >= 15 is 0 Å². The Balaban J connectivity index is 2.17. The number of amides is 1. The molecular weight excluding hydrogens is 272 g/mol. The Kier molecular flexibility index (Phi) is 3.89. The number of phenolic OH excluding ortho intramolecular Hbond substituents is 3. The van der Waals surface area contributed by atoms with Gasteiger partial charge in [-0.15, -0.1) is 0 Å². The maximum Gasteiger partial charge on any atom is 0.248 e. The van der Waals surface area contributed by atoms with Gasteiger partial charge in [0.05, 0.1) is 0 Å². The Bertz CT molecular complexity index is 698. The predicted molar refractivity (Wildman–Crippen MR) is 78.5 cm³/mol. The van der Waals surface area contributed by atoms with E-state index in [9.17, 15) is 20.1 Å². The first-order valence-corrected chi connectivity index (χ1v) is 6.27. The van der Waals surface area contributed by atoms with Gasteiger partial charge in [-0.05, 0) is 42.8 Å². The lowest BCUT2D eigenvalue weighted by molar-refractivity contribution is 0.1000. The fourth-order valence-electron chi connectivity index (χ4n) is 1.96. The van der Waals surface area contributed by atoms with Crippen molar-refractivity contribution in [2.45, 2.75) is 13.5 Å². The second-order valence-electron chi connectivity index (χ2n) is 4.69. The highest BCUT2D eigenvalue weighted by Gasteiger charge is 2.11. The molecule has 0 saturated heterocycles. The molecule has 0 aromatic heterocycles. The van der Waals surface area contributed by atoms with Crippen LogP contribution in [0.15, 0.2) is 30.3 Å². The van der Waals surface area contributed by atoms with E-state index in [4.69, 9.17) is 5.73 Å². The smallest absolute Gasteiger partial charge is 0.248 e. The highest BCUT2D eigenvalue weighted by molar-refractivity contribution is 5.93. The highest BCUT2D eigenvalue weighted by atomic mass is 16.3. The monoisotopic (exact) mass is 288 g/mol.